The number of aromatic nitrogens is 2. The molecule has 0 spiro atoms. The number of nitrogens with zero attached hydrogens (tertiary/aromatic N) is 4. The maximum atomic E-state index is 12.5. The minimum absolute atomic E-state index is 0.00322. The molecule has 2 heterocycles. The number of amides is 2. The molecule has 1 aromatic heterocycles. The molecule has 1 aromatic rings. The van der Waals surface area contributed by atoms with Crippen LogP contribution in [0.1, 0.15) is 5.56 Å². The van der Waals surface area contributed by atoms with Gasteiger partial charge in [0.1, 0.15) is 0 Å². The van der Waals surface area contributed by atoms with Crippen LogP contribution in [0.2, 0.25) is 0 Å². The number of hydrogen-bond donors (Lipinski definition) is 1. The van der Waals surface area contributed by atoms with Gasteiger partial charge in [-0.2, -0.15) is 18.3 Å². The SMILES string of the molecule is CN1CC(O)N(c2cc(C(F)(F)F)cnn2)C1=O. The van der Waals surface area contributed by atoms with Gasteiger partial charge in [0.25, 0.3) is 0 Å². The Morgan fingerprint density at radius 3 is 2.67 bits per heavy atom. The second kappa shape index (κ2) is 4.09. The van der Waals surface area contributed by atoms with Gasteiger partial charge < -0.3 is 10.0 Å². The Kier molecular flexibility index (Phi) is 2.85. The number of rotatable bonds is 1. The van der Waals surface area contributed by atoms with E-state index in [1.54, 1.807) is 0 Å². The Bertz CT molecular complexity index is 479. The molecular formula is C9H9F3N4O2. The molecule has 98 valence electrons. The molecule has 1 atom stereocenters. The summed E-state index contributed by atoms with van der Waals surface area (Å²) in [7, 11) is 1.42. The number of likely N-dealkylation sites (N-methyl/N-ethyl adjacent to an activating group) is 1. The van der Waals surface area contributed by atoms with Gasteiger partial charge in [0.05, 0.1) is 18.3 Å². The van der Waals surface area contributed by atoms with Crippen molar-refractivity contribution in [1.82, 2.24) is 15.1 Å². The number of aliphatic hydroxyl groups excluding tert-OH is 1. The first-order valence-corrected chi connectivity index (χ1v) is 4.93. The molecule has 0 aliphatic carbocycles. The highest BCUT2D eigenvalue weighted by Gasteiger charge is 2.38. The molecule has 1 aliphatic rings. The molecule has 1 fully saturated rings. The lowest BCUT2D eigenvalue weighted by molar-refractivity contribution is -0.137. The molecule has 1 N–H and O–H groups in total. The van der Waals surface area contributed by atoms with Crippen LogP contribution in [0.3, 0.4) is 0 Å². The highest BCUT2D eigenvalue weighted by atomic mass is 19.4. The summed E-state index contributed by atoms with van der Waals surface area (Å²) in [5.41, 5.74) is -1.03. The zero-order chi connectivity index (χ0) is 13.5. The Morgan fingerprint density at radius 1 is 1.50 bits per heavy atom. The highest BCUT2D eigenvalue weighted by Crippen LogP contribution is 2.31. The molecule has 1 saturated heterocycles. The van der Waals surface area contributed by atoms with Gasteiger partial charge in [-0.15, -0.1) is 5.10 Å². The average molecular weight is 262 g/mol. The van der Waals surface area contributed by atoms with Gasteiger partial charge >= 0.3 is 12.2 Å². The van der Waals surface area contributed by atoms with Crippen molar-refractivity contribution in [2.75, 3.05) is 18.5 Å². The first kappa shape index (κ1) is 12.6. The van der Waals surface area contributed by atoms with Crippen molar-refractivity contribution in [2.45, 2.75) is 12.4 Å². The van der Waals surface area contributed by atoms with Crippen molar-refractivity contribution >= 4 is 11.8 Å². The first-order valence-electron chi connectivity index (χ1n) is 4.93. The molecule has 0 bridgehead atoms. The van der Waals surface area contributed by atoms with Gasteiger partial charge in [0.2, 0.25) is 0 Å². The van der Waals surface area contributed by atoms with Gasteiger partial charge in [-0.25, -0.2) is 9.69 Å². The Labute approximate surface area is 99.6 Å². The quantitative estimate of drug-likeness (QED) is 0.808. The number of alkyl halides is 3. The molecule has 6 nitrogen and oxygen atoms in total. The summed E-state index contributed by atoms with van der Waals surface area (Å²) in [5.74, 6) is -0.327. The lowest BCUT2D eigenvalue weighted by Gasteiger charge is -2.18. The third-order valence-electron chi connectivity index (χ3n) is 2.48. The molecule has 2 amide bonds. The third-order valence-corrected chi connectivity index (χ3v) is 2.48. The van der Waals surface area contributed by atoms with Crippen molar-refractivity contribution in [3.8, 4) is 0 Å². The van der Waals surface area contributed by atoms with Gasteiger partial charge in [-0.1, -0.05) is 0 Å². The van der Waals surface area contributed by atoms with Crippen molar-refractivity contribution in [3.63, 3.8) is 0 Å². The number of carbonyl (C=O) groups is 1. The van der Waals surface area contributed by atoms with Crippen molar-refractivity contribution in [1.29, 1.82) is 0 Å². The lowest BCUT2D eigenvalue weighted by Crippen LogP contribution is -2.35. The van der Waals surface area contributed by atoms with Crippen molar-refractivity contribution in [2.24, 2.45) is 0 Å². The van der Waals surface area contributed by atoms with Gasteiger partial charge in [-0.05, 0) is 6.07 Å². The zero-order valence-electron chi connectivity index (χ0n) is 9.22. The molecule has 18 heavy (non-hydrogen) atoms. The number of carbonyl (C=O) groups excluding carboxylic acids is 1. The fourth-order valence-electron chi connectivity index (χ4n) is 1.59. The summed E-state index contributed by atoms with van der Waals surface area (Å²) < 4.78 is 37.4. The minimum Gasteiger partial charge on any atom is -0.371 e. The van der Waals surface area contributed by atoms with Crippen LogP contribution in [-0.2, 0) is 6.18 Å². The van der Waals surface area contributed by atoms with E-state index < -0.39 is 24.0 Å². The van der Waals surface area contributed by atoms with Crippen molar-refractivity contribution < 1.29 is 23.1 Å². The zero-order valence-corrected chi connectivity index (χ0v) is 9.22. The molecule has 0 aromatic carbocycles. The summed E-state index contributed by atoms with van der Waals surface area (Å²) >= 11 is 0. The summed E-state index contributed by atoms with van der Waals surface area (Å²) in [6.07, 6.45) is -5.26. The number of anilines is 1. The number of halogens is 3. The van der Waals surface area contributed by atoms with Crippen LogP contribution in [-0.4, -0.2) is 46.1 Å². The molecular weight excluding hydrogens is 253 g/mol. The minimum atomic E-state index is -4.58. The Hall–Kier alpha value is -1.90. The molecule has 1 aliphatic heterocycles. The summed E-state index contributed by atoms with van der Waals surface area (Å²) in [6, 6.07) is 0.0453. The fourth-order valence-corrected chi connectivity index (χ4v) is 1.59. The molecule has 1 unspecified atom stereocenters. The second-order valence-electron chi connectivity index (χ2n) is 3.81. The Balaban J connectivity index is 2.37. The van der Waals surface area contributed by atoms with Crippen LogP contribution in [0.25, 0.3) is 0 Å². The van der Waals surface area contributed by atoms with E-state index in [-0.39, 0.29) is 12.4 Å². The van der Waals surface area contributed by atoms with Gasteiger partial charge in [0.15, 0.2) is 12.0 Å². The molecule has 2 rings (SSSR count). The van der Waals surface area contributed by atoms with E-state index in [0.717, 1.165) is 4.90 Å². The second-order valence-corrected chi connectivity index (χ2v) is 3.81. The number of urea groups is 1. The van der Waals surface area contributed by atoms with Gasteiger partial charge in [-0.3, -0.25) is 0 Å². The topological polar surface area (TPSA) is 69.6 Å². The van der Waals surface area contributed by atoms with Crippen molar-refractivity contribution in [3.05, 3.63) is 17.8 Å². The van der Waals surface area contributed by atoms with Crippen LogP contribution < -0.4 is 4.90 Å². The maximum absolute atomic E-state index is 12.5. The van der Waals surface area contributed by atoms with E-state index in [0.29, 0.717) is 12.3 Å². The van der Waals surface area contributed by atoms with E-state index in [2.05, 4.69) is 10.2 Å². The fraction of sp³-hybridized carbons (Fsp3) is 0.444. The van der Waals surface area contributed by atoms with E-state index in [9.17, 15) is 23.1 Å². The third kappa shape index (κ3) is 2.08. The number of aliphatic hydroxyl groups is 1. The summed E-state index contributed by atoms with van der Waals surface area (Å²) in [6.45, 7) is -0.00322. The van der Waals surface area contributed by atoms with E-state index in [1.165, 1.54) is 11.9 Å². The maximum Gasteiger partial charge on any atom is 0.418 e. The smallest absolute Gasteiger partial charge is 0.371 e. The first-order chi connectivity index (χ1) is 8.30. The van der Waals surface area contributed by atoms with E-state index in [4.69, 9.17) is 0 Å². The Morgan fingerprint density at radius 2 is 2.17 bits per heavy atom. The normalized spacial score (nSPS) is 20.7. The molecule has 0 saturated carbocycles. The van der Waals surface area contributed by atoms with E-state index >= 15 is 0 Å². The van der Waals surface area contributed by atoms with E-state index in [1.807, 2.05) is 0 Å². The predicted octanol–water partition coefficient (Wildman–Crippen LogP) is 0.686. The van der Waals surface area contributed by atoms with Gasteiger partial charge in [0, 0.05) is 7.05 Å². The average Bonchev–Trinajstić information content (AvgIpc) is 2.52. The predicted molar refractivity (Wildman–Crippen MR) is 53.5 cm³/mol. The highest BCUT2D eigenvalue weighted by molar-refractivity contribution is 5.93. The molecule has 9 heteroatoms. The monoisotopic (exact) mass is 262 g/mol. The largest absolute Gasteiger partial charge is 0.418 e. The van der Waals surface area contributed by atoms with Crippen LogP contribution in [0, 0.1) is 0 Å². The lowest BCUT2D eigenvalue weighted by atomic mass is 10.3. The van der Waals surface area contributed by atoms with Crippen LogP contribution >= 0.6 is 0 Å². The molecule has 0 radical (unpaired) electrons. The number of β-amino-alcohol motifs (C(OH)–C–C–N with tert-alkyl or cyclic N) is 1. The van der Waals surface area contributed by atoms with Crippen LogP contribution in [0.5, 0.6) is 0 Å². The van der Waals surface area contributed by atoms with Crippen LogP contribution in [0.15, 0.2) is 12.3 Å². The summed E-state index contributed by atoms with van der Waals surface area (Å²) in [5, 5.41) is 16.2. The van der Waals surface area contributed by atoms with Crippen LogP contribution in [0.4, 0.5) is 23.8 Å². The standard InChI is InChI=1S/C9H9F3N4O2/c1-15-4-7(17)16(8(15)18)6-2-5(3-13-14-6)9(10,11)12/h2-3,7,17H,4H2,1H3. The number of hydrogen-bond acceptors (Lipinski definition) is 4. The summed E-state index contributed by atoms with van der Waals surface area (Å²) in [4.78, 5) is 13.6.